The van der Waals surface area contributed by atoms with Crippen LogP contribution in [0.4, 0.5) is 0 Å². The molecule has 140 valence electrons. The van der Waals surface area contributed by atoms with E-state index in [1.165, 1.54) is 6.92 Å². The molecule has 28 heavy (non-hydrogen) atoms. The smallest absolute Gasteiger partial charge is 0.290 e. The van der Waals surface area contributed by atoms with Crippen LogP contribution in [0, 0.1) is 11.3 Å². The molecular formula is C19H15N5O4. The third-order valence-electron chi connectivity index (χ3n) is 3.88. The Balaban J connectivity index is 1.64. The number of ether oxygens (including phenoxy) is 1. The molecule has 9 nitrogen and oxygen atoms in total. The summed E-state index contributed by atoms with van der Waals surface area (Å²) in [7, 11) is 0. The Morgan fingerprint density at radius 1 is 1.11 bits per heavy atom. The fourth-order valence-corrected chi connectivity index (χ4v) is 2.43. The number of nitriles is 1. The number of rotatable bonds is 4. The van der Waals surface area contributed by atoms with Crippen molar-refractivity contribution >= 4 is 22.6 Å². The number of hydrogen-bond donors (Lipinski definition) is 3. The highest BCUT2D eigenvalue weighted by molar-refractivity contribution is 6.05. The van der Waals surface area contributed by atoms with Crippen molar-refractivity contribution in [3.63, 3.8) is 0 Å². The van der Waals surface area contributed by atoms with Crippen molar-refractivity contribution in [2.45, 2.75) is 13.0 Å². The minimum Gasteiger partial charge on any atom is -0.481 e. The Labute approximate surface area is 158 Å². The van der Waals surface area contributed by atoms with E-state index in [4.69, 9.17) is 10.00 Å². The highest BCUT2D eigenvalue weighted by Crippen LogP contribution is 2.14. The number of H-pyrrole nitrogens is 1. The van der Waals surface area contributed by atoms with Crippen LogP contribution < -0.4 is 21.1 Å². The quantitative estimate of drug-likeness (QED) is 0.581. The minimum atomic E-state index is -0.909. The molecule has 0 aliphatic rings. The van der Waals surface area contributed by atoms with Crippen molar-refractivity contribution in [3.8, 4) is 11.8 Å². The van der Waals surface area contributed by atoms with Crippen LogP contribution in [-0.2, 0) is 4.79 Å². The van der Waals surface area contributed by atoms with E-state index in [1.807, 2.05) is 6.07 Å². The molecule has 9 heteroatoms. The van der Waals surface area contributed by atoms with Gasteiger partial charge in [-0.05, 0) is 37.3 Å². The molecule has 1 atom stereocenters. The monoisotopic (exact) mass is 377 g/mol. The van der Waals surface area contributed by atoms with Crippen LogP contribution in [0.3, 0.4) is 0 Å². The van der Waals surface area contributed by atoms with Crippen molar-refractivity contribution in [2.24, 2.45) is 0 Å². The van der Waals surface area contributed by atoms with E-state index < -0.39 is 23.5 Å². The van der Waals surface area contributed by atoms with Crippen LogP contribution in [0.15, 0.2) is 53.3 Å². The van der Waals surface area contributed by atoms with Gasteiger partial charge in [0.1, 0.15) is 5.75 Å². The predicted molar refractivity (Wildman–Crippen MR) is 99.2 cm³/mol. The fraction of sp³-hybridized carbons (Fsp3) is 0.105. The van der Waals surface area contributed by atoms with Crippen molar-refractivity contribution in [3.05, 3.63) is 70.1 Å². The molecule has 0 bridgehead atoms. The van der Waals surface area contributed by atoms with Crippen molar-refractivity contribution < 1.29 is 14.3 Å². The maximum Gasteiger partial charge on any atom is 0.290 e. The minimum absolute atomic E-state index is 0.0313. The number of nitrogens with one attached hydrogen (secondary N) is 3. The number of fused-ring (bicyclic) bond motifs is 1. The summed E-state index contributed by atoms with van der Waals surface area (Å²) < 4.78 is 5.46. The number of benzene rings is 2. The second-order valence-corrected chi connectivity index (χ2v) is 5.79. The lowest BCUT2D eigenvalue weighted by molar-refractivity contribution is -0.128. The molecule has 3 rings (SSSR count). The second-order valence-electron chi connectivity index (χ2n) is 5.79. The van der Waals surface area contributed by atoms with Crippen LogP contribution in [0.5, 0.6) is 5.75 Å². The van der Waals surface area contributed by atoms with Gasteiger partial charge in [-0.25, -0.2) is 5.10 Å². The van der Waals surface area contributed by atoms with E-state index in [9.17, 15) is 14.4 Å². The van der Waals surface area contributed by atoms with Gasteiger partial charge >= 0.3 is 0 Å². The van der Waals surface area contributed by atoms with Crippen LogP contribution in [0.2, 0.25) is 0 Å². The summed E-state index contributed by atoms with van der Waals surface area (Å²) >= 11 is 0. The van der Waals surface area contributed by atoms with E-state index in [2.05, 4.69) is 21.0 Å². The average Bonchev–Trinajstić information content (AvgIpc) is 2.72. The summed E-state index contributed by atoms with van der Waals surface area (Å²) in [5, 5.41) is 15.5. The summed E-state index contributed by atoms with van der Waals surface area (Å²) in [6.07, 6.45) is -0.909. The third kappa shape index (κ3) is 3.96. The zero-order valence-corrected chi connectivity index (χ0v) is 14.7. The third-order valence-corrected chi connectivity index (χ3v) is 3.88. The summed E-state index contributed by atoms with van der Waals surface area (Å²) in [6.45, 7) is 1.51. The van der Waals surface area contributed by atoms with Crippen LogP contribution in [-0.4, -0.2) is 28.1 Å². The Morgan fingerprint density at radius 2 is 1.79 bits per heavy atom. The number of carbonyl (C=O) groups is 2. The van der Waals surface area contributed by atoms with Gasteiger partial charge in [0.25, 0.3) is 17.4 Å². The lowest BCUT2D eigenvalue weighted by atomic mass is 10.1. The zero-order chi connectivity index (χ0) is 20.1. The standard InChI is InChI=1S/C19H15N5O4/c1-11(28-13-8-6-12(10-20)7-9-13)17(25)22-24-19(27)16-14-4-2-3-5-15(14)18(26)23-21-16/h2-9,11H,1H3,(H,22,25)(H,23,26)(H,24,27). The Bertz CT molecular complexity index is 1130. The molecule has 0 aliphatic carbocycles. The number of aromatic amines is 1. The first kappa shape index (κ1) is 18.6. The number of aromatic nitrogens is 2. The molecule has 3 N–H and O–H groups in total. The van der Waals surface area contributed by atoms with Gasteiger partial charge in [0.05, 0.1) is 17.0 Å². The zero-order valence-electron chi connectivity index (χ0n) is 14.7. The molecule has 1 unspecified atom stereocenters. The van der Waals surface area contributed by atoms with Gasteiger partial charge in [-0.1, -0.05) is 18.2 Å². The van der Waals surface area contributed by atoms with Gasteiger partial charge < -0.3 is 4.74 Å². The highest BCUT2D eigenvalue weighted by Gasteiger charge is 2.18. The predicted octanol–water partition coefficient (Wildman–Crippen LogP) is 1.02. The molecule has 0 spiro atoms. The number of amides is 2. The first-order valence-corrected chi connectivity index (χ1v) is 8.24. The Hall–Kier alpha value is -4.19. The van der Waals surface area contributed by atoms with Crippen LogP contribution in [0.25, 0.3) is 10.8 Å². The highest BCUT2D eigenvalue weighted by atomic mass is 16.5. The molecule has 0 aliphatic heterocycles. The number of hydrazine groups is 1. The Morgan fingerprint density at radius 3 is 2.46 bits per heavy atom. The first-order valence-electron chi connectivity index (χ1n) is 8.24. The first-order chi connectivity index (χ1) is 13.5. The molecule has 2 aromatic carbocycles. The van der Waals surface area contributed by atoms with Gasteiger partial charge in [0.2, 0.25) is 0 Å². The number of hydrogen-bond acceptors (Lipinski definition) is 6. The SMILES string of the molecule is CC(Oc1ccc(C#N)cc1)C(=O)NNC(=O)c1n[nH]c(=O)c2ccccc12. The van der Waals surface area contributed by atoms with Gasteiger partial charge in [0.15, 0.2) is 11.8 Å². The molecule has 2 amide bonds. The van der Waals surface area contributed by atoms with Crippen molar-refractivity contribution in [1.82, 2.24) is 21.0 Å². The summed E-state index contributed by atoms with van der Waals surface area (Å²) in [4.78, 5) is 36.3. The maximum absolute atomic E-state index is 12.3. The lowest BCUT2D eigenvalue weighted by Crippen LogP contribution is -2.47. The molecule has 0 fully saturated rings. The van der Waals surface area contributed by atoms with Crippen molar-refractivity contribution in [2.75, 3.05) is 0 Å². The molecule has 0 radical (unpaired) electrons. The van der Waals surface area contributed by atoms with E-state index in [0.717, 1.165) is 0 Å². The lowest BCUT2D eigenvalue weighted by Gasteiger charge is -2.15. The molecule has 3 aromatic rings. The summed E-state index contributed by atoms with van der Waals surface area (Å²) in [5.41, 5.74) is 4.53. The summed E-state index contributed by atoms with van der Waals surface area (Å²) in [6, 6.07) is 14.7. The normalized spacial score (nSPS) is 11.3. The van der Waals surface area contributed by atoms with Gasteiger partial charge in [0, 0.05) is 5.39 Å². The molecule has 1 heterocycles. The topological polar surface area (TPSA) is 137 Å². The van der Waals surface area contributed by atoms with E-state index in [1.54, 1.807) is 48.5 Å². The molecule has 0 saturated carbocycles. The van der Waals surface area contributed by atoms with Gasteiger partial charge in [-0.15, -0.1) is 0 Å². The van der Waals surface area contributed by atoms with E-state index in [0.29, 0.717) is 22.1 Å². The van der Waals surface area contributed by atoms with Gasteiger partial charge in [-0.3, -0.25) is 25.2 Å². The molecular weight excluding hydrogens is 362 g/mol. The van der Waals surface area contributed by atoms with E-state index in [-0.39, 0.29) is 5.69 Å². The van der Waals surface area contributed by atoms with E-state index >= 15 is 0 Å². The Kier molecular flexibility index (Phi) is 5.32. The number of carbonyl (C=O) groups excluding carboxylic acids is 2. The molecule has 1 aromatic heterocycles. The number of nitrogens with zero attached hydrogens (tertiary/aromatic N) is 2. The van der Waals surface area contributed by atoms with Crippen LogP contribution >= 0.6 is 0 Å². The summed E-state index contributed by atoms with van der Waals surface area (Å²) in [5.74, 6) is -0.876. The second kappa shape index (κ2) is 8.01. The maximum atomic E-state index is 12.3. The average molecular weight is 377 g/mol. The fourth-order valence-electron chi connectivity index (χ4n) is 2.43. The molecule has 0 saturated heterocycles. The van der Waals surface area contributed by atoms with Gasteiger partial charge in [-0.2, -0.15) is 10.4 Å². The largest absolute Gasteiger partial charge is 0.481 e. The van der Waals surface area contributed by atoms with Crippen LogP contribution in [0.1, 0.15) is 23.0 Å². The van der Waals surface area contributed by atoms with Crippen molar-refractivity contribution in [1.29, 1.82) is 5.26 Å².